The fourth-order valence-corrected chi connectivity index (χ4v) is 3.91. The minimum Gasteiger partial charge on any atom is -0.455 e. The zero-order valence-electron chi connectivity index (χ0n) is 15.9. The summed E-state index contributed by atoms with van der Waals surface area (Å²) in [6.07, 6.45) is 6.67. The smallest absolute Gasteiger partial charge is 0.311 e. The minimum atomic E-state index is -0.462. The monoisotopic (exact) mass is 372 g/mol. The highest BCUT2D eigenvalue weighted by molar-refractivity contribution is 5.93. The predicted molar refractivity (Wildman–Crippen MR) is 102 cm³/mol. The van der Waals surface area contributed by atoms with Gasteiger partial charge in [-0.25, -0.2) is 0 Å². The van der Waals surface area contributed by atoms with Gasteiger partial charge in [-0.1, -0.05) is 38.3 Å². The van der Waals surface area contributed by atoms with Crippen LogP contribution in [0.15, 0.2) is 24.3 Å². The number of benzene rings is 1. The van der Waals surface area contributed by atoms with Gasteiger partial charge in [0.1, 0.15) is 0 Å². The molecule has 146 valence electrons. The number of rotatable bonds is 6. The van der Waals surface area contributed by atoms with Crippen LogP contribution in [0.3, 0.4) is 0 Å². The number of hydrogen-bond donors (Lipinski definition) is 1. The number of amides is 2. The van der Waals surface area contributed by atoms with Gasteiger partial charge in [-0.3, -0.25) is 14.4 Å². The molecule has 1 N–H and O–H groups in total. The summed E-state index contributed by atoms with van der Waals surface area (Å²) < 4.78 is 5.16. The number of nitrogens with one attached hydrogen (secondary N) is 1. The number of hydrogen-bond acceptors (Lipinski definition) is 4. The van der Waals surface area contributed by atoms with E-state index in [2.05, 4.69) is 12.2 Å². The Hall–Kier alpha value is -2.37. The maximum atomic E-state index is 12.3. The summed E-state index contributed by atoms with van der Waals surface area (Å²) in [7, 11) is 0. The van der Waals surface area contributed by atoms with Crippen LogP contribution in [0.25, 0.3) is 0 Å². The van der Waals surface area contributed by atoms with E-state index >= 15 is 0 Å². The third-order valence-electron chi connectivity index (χ3n) is 5.50. The molecule has 1 saturated carbocycles. The number of esters is 1. The van der Waals surface area contributed by atoms with Gasteiger partial charge < -0.3 is 15.0 Å². The number of carbonyl (C=O) groups excluding carboxylic acids is 3. The highest BCUT2D eigenvalue weighted by atomic mass is 16.5. The lowest BCUT2D eigenvalue weighted by Crippen LogP contribution is -2.38. The Bertz CT molecular complexity index is 680. The van der Waals surface area contributed by atoms with Gasteiger partial charge in [0.2, 0.25) is 5.91 Å². The maximum Gasteiger partial charge on any atom is 0.311 e. The van der Waals surface area contributed by atoms with Crippen molar-refractivity contribution < 1.29 is 19.1 Å². The van der Waals surface area contributed by atoms with Crippen LogP contribution in [-0.2, 0) is 25.5 Å². The molecule has 0 unspecified atom stereocenters. The number of ether oxygens (including phenoxy) is 1. The Morgan fingerprint density at radius 2 is 1.85 bits per heavy atom. The lowest BCUT2D eigenvalue weighted by molar-refractivity contribution is -0.151. The van der Waals surface area contributed by atoms with E-state index in [9.17, 15) is 14.4 Å². The third-order valence-corrected chi connectivity index (χ3v) is 5.50. The molecule has 1 aliphatic heterocycles. The van der Waals surface area contributed by atoms with Gasteiger partial charge in [0.25, 0.3) is 5.91 Å². The molecule has 0 radical (unpaired) electrons. The van der Waals surface area contributed by atoms with Crippen molar-refractivity contribution in [3.63, 3.8) is 0 Å². The van der Waals surface area contributed by atoms with Gasteiger partial charge >= 0.3 is 5.97 Å². The Kier molecular flexibility index (Phi) is 6.48. The Morgan fingerprint density at radius 3 is 2.52 bits per heavy atom. The number of nitrogens with zero attached hydrogens (tertiary/aromatic N) is 1. The summed E-state index contributed by atoms with van der Waals surface area (Å²) >= 11 is 0. The molecule has 0 bridgehead atoms. The molecule has 1 aromatic rings. The Balaban J connectivity index is 1.44. The largest absolute Gasteiger partial charge is 0.455 e. The van der Waals surface area contributed by atoms with Crippen LogP contribution in [0.2, 0.25) is 0 Å². The van der Waals surface area contributed by atoms with Crippen molar-refractivity contribution in [2.75, 3.05) is 18.5 Å². The summed E-state index contributed by atoms with van der Waals surface area (Å²) in [6, 6.07) is 7.82. The number of carbonyl (C=O) groups is 3. The molecule has 6 heteroatoms. The lowest BCUT2D eigenvalue weighted by Gasteiger charge is -2.31. The molecule has 2 amide bonds. The molecule has 0 aromatic heterocycles. The van der Waals surface area contributed by atoms with E-state index in [1.54, 1.807) is 0 Å². The Labute approximate surface area is 160 Å². The zero-order chi connectivity index (χ0) is 19.2. The van der Waals surface area contributed by atoms with Crippen LogP contribution in [0, 0.1) is 5.92 Å². The highest BCUT2D eigenvalue weighted by Gasteiger charge is 2.39. The number of aryl methyl sites for hydroxylation is 1. The van der Waals surface area contributed by atoms with E-state index in [4.69, 9.17) is 4.74 Å². The molecule has 1 aliphatic carbocycles. The van der Waals surface area contributed by atoms with Crippen LogP contribution in [-0.4, -0.2) is 41.9 Å². The van der Waals surface area contributed by atoms with E-state index < -0.39 is 11.9 Å². The molecule has 0 spiro atoms. The summed E-state index contributed by atoms with van der Waals surface area (Å²) in [6.45, 7) is 2.15. The first-order valence-electron chi connectivity index (χ1n) is 9.91. The standard InChI is InChI=1S/C21H28N2O4/c1-2-15-8-10-17(11-9-15)22-19(24)14-27-21(26)16-12-20(25)23(13-16)18-6-4-3-5-7-18/h8-11,16,18H,2-7,12-14H2,1H3,(H,22,24)/t16-/m0/s1. The molecular weight excluding hydrogens is 344 g/mol. The van der Waals surface area contributed by atoms with Gasteiger partial charge in [-0.15, -0.1) is 0 Å². The van der Waals surface area contributed by atoms with E-state index in [1.165, 1.54) is 12.0 Å². The molecule has 2 fully saturated rings. The fourth-order valence-electron chi connectivity index (χ4n) is 3.91. The van der Waals surface area contributed by atoms with Crippen LogP contribution in [0.4, 0.5) is 5.69 Å². The number of likely N-dealkylation sites (tertiary alicyclic amines) is 1. The molecule has 3 rings (SSSR count). The second-order valence-corrected chi connectivity index (χ2v) is 7.45. The molecule has 2 aliphatic rings. The summed E-state index contributed by atoms with van der Waals surface area (Å²) in [4.78, 5) is 38.4. The second kappa shape index (κ2) is 9.02. The average molecular weight is 372 g/mol. The Morgan fingerprint density at radius 1 is 1.15 bits per heavy atom. The molecule has 1 aromatic carbocycles. The first-order chi connectivity index (χ1) is 13.1. The lowest BCUT2D eigenvalue weighted by atomic mass is 9.94. The second-order valence-electron chi connectivity index (χ2n) is 7.45. The molecule has 1 saturated heterocycles. The molecule has 1 heterocycles. The summed E-state index contributed by atoms with van der Waals surface area (Å²) in [5.41, 5.74) is 1.86. The van der Waals surface area contributed by atoms with Gasteiger partial charge in [-0.2, -0.15) is 0 Å². The van der Waals surface area contributed by atoms with Gasteiger partial charge in [0.15, 0.2) is 6.61 Å². The van der Waals surface area contributed by atoms with Gasteiger partial charge in [0, 0.05) is 24.7 Å². The molecule has 1 atom stereocenters. The fraction of sp³-hybridized carbons (Fsp3) is 0.571. The normalized spacial score (nSPS) is 20.6. The molecular formula is C21H28N2O4. The van der Waals surface area contributed by atoms with Gasteiger partial charge in [-0.05, 0) is 37.0 Å². The van der Waals surface area contributed by atoms with Crippen molar-refractivity contribution in [1.29, 1.82) is 0 Å². The zero-order valence-corrected chi connectivity index (χ0v) is 15.9. The van der Waals surface area contributed by atoms with E-state index in [0.29, 0.717) is 12.2 Å². The number of anilines is 1. The predicted octanol–water partition coefficient (Wildman–Crippen LogP) is 2.91. The van der Waals surface area contributed by atoms with E-state index in [1.807, 2.05) is 29.2 Å². The van der Waals surface area contributed by atoms with E-state index in [-0.39, 0.29) is 30.9 Å². The van der Waals surface area contributed by atoms with Crippen molar-refractivity contribution in [3.05, 3.63) is 29.8 Å². The molecule has 6 nitrogen and oxygen atoms in total. The first-order valence-corrected chi connectivity index (χ1v) is 9.91. The van der Waals surface area contributed by atoms with E-state index in [0.717, 1.165) is 32.1 Å². The average Bonchev–Trinajstić information content (AvgIpc) is 3.09. The summed E-state index contributed by atoms with van der Waals surface area (Å²) in [5.74, 6) is -1.26. The maximum absolute atomic E-state index is 12.3. The van der Waals surface area contributed by atoms with Crippen molar-refractivity contribution in [2.45, 2.75) is 57.9 Å². The third kappa shape index (κ3) is 5.08. The van der Waals surface area contributed by atoms with Crippen LogP contribution < -0.4 is 5.32 Å². The first kappa shape index (κ1) is 19.4. The van der Waals surface area contributed by atoms with Crippen LogP contribution >= 0.6 is 0 Å². The van der Waals surface area contributed by atoms with Crippen molar-refractivity contribution >= 4 is 23.5 Å². The van der Waals surface area contributed by atoms with Crippen LogP contribution in [0.1, 0.15) is 51.0 Å². The van der Waals surface area contributed by atoms with Crippen molar-refractivity contribution in [3.8, 4) is 0 Å². The van der Waals surface area contributed by atoms with Crippen molar-refractivity contribution in [1.82, 2.24) is 4.90 Å². The minimum absolute atomic E-state index is 0.0318. The molecule has 27 heavy (non-hydrogen) atoms. The summed E-state index contributed by atoms with van der Waals surface area (Å²) in [5, 5.41) is 2.71. The van der Waals surface area contributed by atoms with Crippen LogP contribution in [0.5, 0.6) is 0 Å². The highest BCUT2D eigenvalue weighted by Crippen LogP contribution is 2.29. The van der Waals surface area contributed by atoms with Gasteiger partial charge in [0.05, 0.1) is 5.92 Å². The topological polar surface area (TPSA) is 75.7 Å². The SMILES string of the molecule is CCc1ccc(NC(=O)COC(=O)[C@H]2CC(=O)N(C3CCCCC3)C2)cc1. The quantitative estimate of drug-likeness (QED) is 0.779. The van der Waals surface area contributed by atoms with Crippen molar-refractivity contribution in [2.24, 2.45) is 5.92 Å².